The number of hydrogen-bond donors (Lipinski definition) is 1. The number of likely N-dealkylation sites (tertiary alicyclic amines) is 1. The molecule has 1 aromatic heterocycles. The first kappa shape index (κ1) is 18.9. The third-order valence-corrected chi connectivity index (χ3v) is 6.99. The van der Waals surface area contributed by atoms with E-state index in [0.717, 1.165) is 55.0 Å². The highest BCUT2D eigenvalue weighted by atomic mass is 35.5. The lowest BCUT2D eigenvalue weighted by molar-refractivity contribution is 0.204. The van der Waals surface area contributed by atoms with Crippen LogP contribution in [0.5, 0.6) is 0 Å². The molecule has 2 aromatic carbocycles. The van der Waals surface area contributed by atoms with E-state index in [0.29, 0.717) is 5.92 Å². The van der Waals surface area contributed by atoms with E-state index in [2.05, 4.69) is 40.2 Å². The molecule has 1 N–H and O–H groups in total. The van der Waals surface area contributed by atoms with E-state index < -0.39 is 0 Å². The van der Waals surface area contributed by atoms with Crippen molar-refractivity contribution in [3.8, 4) is 0 Å². The minimum atomic E-state index is 0.119. The Hall–Kier alpha value is -2.10. The van der Waals surface area contributed by atoms with Crippen LogP contribution in [0.1, 0.15) is 53.9 Å². The van der Waals surface area contributed by atoms with Crippen molar-refractivity contribution in [2.45, 2.75) is 51.0 Å². The quantitative estimate of drug-likeness (QED) is 0.628. The monoisotopic (exact) mass is 406 g/mol. The molecule has 0 amide bonds. The van der Waals surface area contributed by atoms with Crippen LogP contribution in [0, 0.1) is 0 Å². The Balaban J connectivity index is 1.30. The molecule has 2 heterocycles. The summed E-state index contributed by atoms with van der Waals surface area (Å²) in [6, 6.07) is 15.0. The van der Waals surface area contributed by atoms with Crippen molar-refractivity contribution in [3.05, 3.63) is 80.1 Å². The highest BCUT2D eigenvalue weighted by molar-refractivity contribution is 6.30. The van der Waals surface area contributed by atoms with E-state index in [9.17, 15) is 4.79 Å². The maximum absolute atomic E-state index is 12.5. The van der Waals surface area contributed by atoms with Gasteiger partial charge in [-0.05, 0) is 92.4 Å². The summed E-state index contributed by atoms with van der Waals surface area (Å²) in [5.41, 5.74) is 6.11. The highest BCUT2D eigenvalue weighted by Crippen LogP contribution is 2.30. The number of H-pyrrole nitrogens is 1. The van der Waals surface area contributed by atoms with Crippen LogP contribution in [0.15, 0.2) is 47.3 Å². The van der Waals surface area contributed by atoms with E-state index >= 15 is 0 Å². The average molecular weight is 407 g/mol. The first-order valence-electron chi connectivity index (χ1n) is 10.8. The number of aromatic nitrogens is 1. The molecule has 29 heavy (non-hydrogen) atoms. The molecule has 0 spiro atoms. The largest absolute Gasteiger partial charge is 0.322 e. The fourth-order valence-electron chi connectivity index (χ4n) is 5.12. The number of hydrogen-bond acceptors (Lipinski definition) is 2. The van der Waals surface area contributed by atoms with Gasteiger partial charge in [0.25, 0.3) is 5.56 Å². The number of nitrogens with zero attached hydrogens (tertiary/aromatic N) is 1. The number of piperidine rings is 1. The van der Waals surface area contributed by atoms with Crippen LogP contribution in [0.2, 0.25) is 5.02 Å². The Bertz CT molecular complexity index is 1080. The summed E-state index contributed by atoms with van der Waals surface area (Å²) >= 11 is 6.02. The Labute approximate surface area is 176 Å². The zero-order valence-electron chi connectivity index (χ0n) is 16.7. The number of fused-ring (bicyclic) bond motifs is 3. The second-order valence-corrected chi connectivity index (χ2v) is 9.04. The Morgan fingerprint density at radius 1 is 0.966 bits per heavy atom. The normalized spacial score (nSPS) is 18.1. The summed E-state index contributed by atoms with van der Waals surface area (Å²) in [5, 5.41) is 2.05. The lowest BCUT2D eigenvalue weighted by Gasteiger charge is -2.32. The number of halogens is 1. The van der Waals surface area contributed by atoms with Crippen LogP contribution >= 0.6 is 11.6 Å². The van der Waals surface area contributed by atoms with Gasteiger partial charge in [0.2, 0.25) is 0 Å². The number of benzene rings is 2. The van der Waals surface area contributed by atoms with Crippen LogP contribution in [-0.4, -0.2) is 23.0 Å². The maximum atomic E-state index is 12.5. The average Bonchev–Trinajstić information content (AvgIpc) is 2.75. The molecular formula is C25H27ClN2O. The van der Waals surface area contributed by atoms with Crippen LogP contribution in [0.3, 0.4) is 0 Å². The molecule has 1 aliphatic carbocycles. The first-order chi connectivity index (χ1) is 14.2. The van der Waals surface area contributed by atoms with Crippen molar-refractivity contribution < 1.29 is 0 Å². The van der Waals surface area contributed by atoms with Crippen molar-refractivity contribution in [1.29, 1.82) is 0 Å². The van der Waals surface area contributed by atoms with E-state index in [1.54, 1.807) is 0 Å². The molecule has 3 aromatic rings. The third kappa shape index (κ3) is 3.86. The molecule has 1 saturated heterocycles. The summed E-state index contributed by atoms with van der Waals surface area (Å²) < 4.78 is 0. The summed E-state index contributed by atoms with van der Waals surface area (Å²) in [4.78, 5) is 18.2. The minimum Gasteiger partial charge on any atom is -0.322 e. The predicted molar refractivity (Wildman–Crippen MR) is 120 cm³/mol. The van der Waals surface area contributed by atoms with Crippen LogP contribution in [0.25, 0.3) is 10.9 Å². The molecule has 3 nitrogen and oxygen atoms in total. The second kappa shape index (κ2) is 7.97. The molecule has 0 unspecified atom stereocenters. The van der Waals surface area contributed by atoms with Gasteiger partial charge >= 0.3 is 0 Å². The van der Waals surface area contributed by atoms with Gasteiger partial charge in [-0.25, -0.2) is 0 Å². The van der Waals surface area contributed by atoms with E-state index in [1.807, 2.05) is 12.1 Å². The second-order valence-electron chi connectivity index (χ2n) is 8.60. The number of rotatable bonds is 3. The zero-order valence-corrected chi connectivity index (χ0v) is 17.5. The van der Waals surface area contributed by atoms with Crippen LogP contribution < -0.4 is 5.56 Å². The van der Waals surface area contributed by atoms with Crippen LogP contribution in [0.4, 0.5) is 0 Å². The Morgan fingerprint density at radius 3 is 2.45 bits per heavy atom. The summed E-state index contributed by atoms with van der Waals surface area (Å²) in [6.45, 7) is 3.15. The molecule has 150 valence electrons. The third-order valence-electron chi connectivity index (χ3n) is 6.73. The molecule has 0 saturated carbocycles. The molecule has 4 heteroatoms. The summed E-state index contributed by atoms with van der Waals surface area (Å²) in [7, 11) is 0. The fraction of sp³-hybridized carbons (Fsp3) is 0.400. The lowest BCUT2D eigenvalue weighted by Crippen LogP contribution is -2.32. The summed E-state index contributed by atoms with van der Waals surface area (Å²) in [5.74, 6) is 0.628. The number of nitrogens with one attached hydrogen (secondary N) is 1. The van der Waals surface area contributed by atoms with Gasteiger partial charge in [0.05, 0.1) is 0 Å². The Morgan fingerprint density at radius 2 is 1.69 bits per heavy atom. The van der Waals surface area contributed by atoms with Gasteiger partial charge in [0.15, 0.2) is 0 Å². The standard InChI is InChI=1S/C25H27ClN2O/c26-20-8-6-18(7-9-20)19-11-13-28(14-12-19)16-17-5-10-22-21-3-1-2-4-23(21)25(29)27-24(22)15-17/h5-10,15,19H,1-4,11-14,16H2,(H,27,29). The van der Waals surface area contributed by atoms with E-state index in [1.165, 1.54) is 41.3 Å². The zero-order chi connectivity index (χ0) is 19.8. The fourth-order valence-corrected chi connectivity index (χ4v) is 5.25. The lowest BCUT2D eigenvalue weighted by atomic mass is 9.89. The van der Waals surface area contributed by atoms with Crippen molar-refractivity contribution in [3.63, 3.8) is 0 Å². The Kier molecular flexibility index (Phi) is 5.19. The molecular weight excluding hydrogens is 380 g/mol. The van der Waals surface area contributed by atoms with Gasteiger partial charge < -0.3 is 4.98 Å². The van der Waals surface area contributed by atoms with Gasteiger partial charge in [-0.1, -0.05) is 35.9 Å². The minimum absolute atomic E-state index is 0.119. The van der Waals surface area contributed by atoms with Crippen molar-refractivity contribution >= 4 is 22.5 Å². The molecule has 0 atom stereocenters. The molecule has 0 bridgehead atoms. The van der Waals surface area contributed by atoms with Gasteiger partial charge in [0, 0.05) is 28.0 Å². The van der Waals surface area contributed by atoms with Crippen molar-refractivity contribution in [2.75, 3.05) is 13.1 Å². The van der Waals surface area contributed by atoms with Gasteiger partial charge in [0.1, 0.15) is 0 Å². The SMILES string of the molecule is O=c1[nH]c2cc(CN3CCC(c4ccc(Cl)cc4)CC3)ccc2c2c1CCCC2. The van der Waals surface area contributed by atoms with Gasteiger partial charge in [-0.15, -0.1) is 0 Å². The number of pyridine rings is 1. The first-order valence-corrected chi connectivity index (χ1v) is 11.2. The van der Waals surface area contributed by atoms with E-state index in [-0.39, 0.29) is 5.56 Å². The number of aromatic amines is 1. The predicted octanol–water partition coefficient (Wildman–Crippen LogP) is 5.44. The molecule has 5 rings (SSSR count). The maximum Gasteiger partial charge on any atom is 0.251 e. The van der Waals surface area contributed by atoms with E-state index in [4.69, 9.17) is 11.6 Å². The smallest absolute Gasteiger partial charge is 0.251 e. The van der Waals surface area contributed by atoms with Gasteiger partial charge in [-0.2, -0.15) is 0 Å². The van der Waals surface area contributed by atoms with Crippen molar-refractivity contribution in [1.82, 2.24) is 9.88 Å². The topological polar surface area (TPSA) is 36.1 Å². The van der Waals surface area contributed by atoms with Crippen LogP contribution in [-0.2, 0) is 19.4 Å². The summed E-state index contributed by atoms with van der Waals surface area (Å²) in [6.07, 6.45) is 6.64. The van der Waals surface area contributed by atoms with Gasteiger partial charge in [-0.3, -0.25) is 9.69 Å². The number of aryl methyl sites for hydroxylation is 1. The van der Waals surface area contributed by atoms with Crippen molar-refractivity contribution in [2.24, 2.45) is 0 Å². The molecule has 1 fully saturated rings. The molecule has 2 aliphatic rings. The molecule has 0 radical (unpaired) electrons. The molecule has 1 aliphatic heterocycles. The highest BCUT2D eigenvalue weighted by Gasteiger charge is 2.21.